The quantitative estimate of drug-likeness (QED) is 0.879. The van der Waals surface area contributed by atoms with Gasteiger partial charge < -0.3 is 4.98 Å². The maximum Gasteiger partial charge on any atom is 0.161 e. The third kappa shape index (κ3) is 2.70. The molecule has 3 nitrogen and oxygen atoms in total. The number of nitriles is 1. The van der Waals surface area contributed by atoms with Crippen molar-refractivity contribution < 1.29 is 4.39 Å². The summed E-state index contributed by atoms with van der Waals surface area (Å²) in [5.41, 5.74) is 2.33. The van der Waals surface area contributed by atoms with Gasteiger partial charge in [-0.2, -0.15) is 5.26 Å². The van der Waals surface area contributed by atoms with E-state index in [9.17, 15) is 4.39 Å². The summed E-state index contributed by atoms with van der Waals surface area (Å²) < 4.78 is 12.7. The maximum absolute atomic E-state index is 12.7. The molecule has 0 spiro atoms. The van der Waals surface area contributed by atoms with E-state index in [1.165, 1.54) is 12.1 Å². The van der Waals surface area contributed by atoms with Crippen LogP contribution in [0.3, 0.4) is 0 Å². The number of imidazole rings is 1. The molecule has 0 saturated heterocycles. The lowest BCUT2D eigenvalue weighted by Gasteiger charge is -2.00. The van der Waals surface area contributed by atoms with E-state index in [1.807, 2.05) is 6.92 Å². The Morgan fingerprint density at radius 1 is 1.29 bits per heavy atom. The van der Waals surface area contributed by atoms with Gasteiger partial charge in [-0.05, 0) is 37.5 Å². The van der Waals surface area contributed by atoms with Crippen LogP contribution in [0.25, 0.3) is 0 Å². The Labute approximate surface area is 98.9 Å². The highest BCUT2D eigenvalue weighted by molar-refractivity contribution is 5.28. The second-order valence-electron chi connectivity index (χ2n) is 3.89. The van der Waals surface area contributed by atoms with Crippen molar-refractivity contribution in [3.63, 3.8) is 0 Å². The van der Waals surface area contributed by atoms with Gasteiger partial charge >= 0.3 is 0 Å². The first-order valence-electron chi connectivity index (χ1n) is 5.39. The van der Waals surface area contributed by atoms with E-state index in [1.54, 1.807) is 12.1 Å². The number of hydrogen-bond acceptors (Lipinski definition) is 2. The van der Waals surface area contributed by atoms with Gasteiger partial charge in [-0.1, -0.05) is 12.1 Å². The molecule has 4 heteroatoms. The lowest BCUT2D eigenvalue weighted by atomic mass is 10.1. The number of H-pyrrole nitrogens is 1. The Morgan fingerprint density at radius 2 is 2.00 bits per heavy atom. The predicted octanol–water partition coefficient (Wildman–Crippen LogP) is 2.51. The summed E-state index contributed by atoms with van der Waals surface area (Å²) in [4.78, 5) is 7.15. The molecule has 0 radical (unpaired) electrons. The minimum absolute atomic E-state index is 0.233. The fourth-order valence-corrected chi connectivity index (χ4v) is 1.73. The molecule has 0 aliphatic rings. The molecule has 2 aromatic rings. The number of aromatic nitrogens is 2. The molecule has 1 N–H and O–H groups in total. The number of halogens is 1. The molecular weight excluding hydrogens is 217 g/mol. The first-order chi connectivity index (χ1) is 8.19. The number of nitrogens with one attached hydrogen (secondary N) is 1. The molecule has 0 atom stereocenters. The second kappa shape index (κ2) is 4.79. The number of aromatic amines is 1. The van der Waals surface area contributed by atoms with Crippen LogP contribution in [-0.4, -0.2) is 9.97 Å². The van der Waals surface area contributed by atoms with E-state index in [0.717, 1.165) is 23.5 Å². The molecule has 17 heavy (non-hydrogen) atoms. The molecule has 1 aromatic carbocycles. The van der Waals surface area contributed by atoms with E-state index in [2.05, 4.69) is 16.0 Å². The van der Waals surface area contributed by atoms with Crippen LogP contribution in [-0.2, 0) is 12.8 Å². The van der Waals surface area contributed by atoms with Crippen molar-refractivity contribution in [3.8, 4) is 6.07 Å². The van der Waals surface area contributed by atoms with Crippen molar-refractivity contribution in [2.24, 2.45) is 0 Å². The molecule has 0 bridgehead atoms. The van der Waals surface area contributed by atoms with Gasteiger partial charge in [0, 0.05) is 0 Å². The summed E-state index contributed by atoms with van der Waals surface area (Å²) in [7, 11) is 0. The molecule has 1 heterocycles. The number of aryl methyl sites for hydroxylation is 3. The minimum Gasteiger partial charge on any atom is -0.345 e. The number of benzene rings is 1. The van der Waals surface area contributed by atoms with E-state index < -0.39 is 0 Å². The number of nitrogens with zero attached hydrogens (tertiary/aromatic N) is 2. The summed E-state index contributed by atoms with van der Waals surface area (Å²) in [6, 6.07) is 8.45. The van der Waals surface area contributed by atoms with Crippen LogP contribution in [0.5, 0.6) is 0 Å². The first kappa shape index (κ1) is 11.3. The largest absolute Gasteiger partial charge is 0.345 e. The molecular formula is C13H12FN3. The second-order valence-corrected chi connectivity index (χ2v) is 3.89. The normalized spacial score (nSPS) is 10.2. The molecule has 0 unspecified atom stereocenters. The van der Waals surface area contributed by atoms with Crippen molar-refractivity contribution in [1.29, 1.82) is 5.26 Å². The van der Waals surface area contributed by atoms with E-state index in [0.29, 0.717) is 12.1 Å². The topological polar surface area (TPSA) is 52.5 Å². The molecule has 1 aromatic heterocycles. The Bertz CT molecular complexity index is 549. The monoisotopic (exact) mass is 229 g/mol. The fraction of sp³-hybridized carbons (Fsp3) is 0.231. The summed E-state index contributed by atoms with van der Waals surface area (Å²) >= 11 is 0. The summed E-state index contributed by atoms with van der Waals surface area (Å²) in [6.07, 6.45) is 1.46. The van der Waals surface area contributed by atoms with Crippen LogP contribution < -0.4 is 0 Å². The molecule has 0 fully saturated rings. The Morgan fingerprint density at radius 3 is 2.65 bits per heavy atom. The van der Waals surface area contributed by atoms with Crippen molar-refractivity contribution in [3.05, 3.63) is 52.9 Å². The highest BCUT2D eigenvalue weighted by Crippen LogP contribution is 2.10. The van der Waals surface area contributed by atoms with Crippen LogP contribution in [0.4, 0.5) is 4.39 Å². The zero-order chi connectivity index (χ0) is 12.3. The van der Waals surface area contributed by atoms with Crippen molar-refractivity contribution in [2.45, 2.75) is 19.8 Å². The van der Waals surface area contributed by atoms with Gasteiger partial charge in [0.1, 0.15) is 17.7 Å². The number of rotatable bonds is 3. The van der Waals surface area contributed by atoms with Gasteiger partial charge in [0.2, 0.25) is 0 Å². The van der Waals surface area contributed by atoms with Gasteiger partial charge in [-0.3, -0.25) is 0 Å². The van der Waals surface area contributed by atoms with Crippen LogP contribution in [0.2, 0.25) is 0 Å². The predicted molar refractivity (Wildman–Crippen MR) is 61.8 cm³/mol. The third-order valence-corrected chi connectivity index (χ3v) is 2.58. The van der Waals surface area contributed by atoms with E-state index >= 15 is 0 Å². The molecule has 86 valence electrons. The van der Waals surface area contributed by atoms with Crippen molar-refractivity contribution in [2.75, 3.05) is 0 Å². The minimum atomic E-state index is -0.233. The average molecular weight is 229 g/mol. The van der Waals surface area contributed by atoms with Gasteiger partial charge in [0.05, 0.1) is 5.69 Å². The van der Waals surface area contributed by atoms with Crippen molar-refractivity contribution >= 4 is 0 Å². The van der Waals surface area contributed by atoms with Crippen LogP contribution in [0, 0.1) is 24.1 Å². The third-order valence-electron chi connectivity index (χ3n) is 2.58. The summed E-state index contributed by atoms with van der Waals surface area (Å²) in [6.45, 7) is 1.82. The smallest absolute Gasteiger partial charge is 0.161 e. The van der Waals surface area contributed by atoms with Crippen LogP contribution in [0.1, 0.15) is 22.8 Å². The highest BCUT2D eigenvalue weighted by atomic mass is 19.1. The zero-order valence-corrected chi connectivity index (χ0v) is 9.50. The SMILES string of the molecule is Cc1nc(C#N)c(CCc2ccc(F)cc2)[nH]1. The van der Waals surface area contributed by atoms with Crippen LogP contribution in [0.15, 0.2) is 24.3 Å². The lowest BCUT2D eigenvalue weighted by molar-refractivity contribution is 0.627. The Balaban J connectivity index is 2.07. The Hall–Kier alpha value is -2.15. The van der Waals surface area contributed by atoms with Gasteiger partial charge in [0.25, 0.3) is 0 Å². The summed E-state index contributed by atoms with van der Waals surface area (Å²) in [5, 5.41) is 8.88. The zero-order valence-electron chi connectivity index (χ0n) is 9.50. The molecule has 2 rings (SSSR count). The first-order valence-corrected chi connectivity index (χ1v) is 5.39. The van der Waals surface area contributed by atoms with Crippen LogP contribution >= 0.6 is 0 Å². The van der Waals surface area contributed by atoms with E-state index in [-0.39, 0.29) is 5.82 Å². The van der Waals surface area contributed by atoms with Crippen molar-refractivity contribution in [1.82, 2.24) is 9.97 Å². The molecule has 0 aliphatic heterocycles. The van der Waals surface area contributed by atoms with Gasteiger partial charge in [-0.15, -0.1) is 0 Å². The van der Waals surface area contributed by atoms with Gasteiger partial charge in [-0.25, -0.2) is 9.37 Å². The highest BCUT2D eigenvalue weighted by Gasteiger charge is 2.07. The summed E-state index contributed by atoms with van der Waals surface area (Å²) in [5.74, 6) is 0.513. The molecule has 0 aliphatic carbocycles. The Kier molecular flexibility index (Phi) is 3.20. The average Bonchev–Trinajstić information content (AvgIpc) is 2.69. The number of hydrogen-bond donors (Lipinski definition) is 1. The molecule has 0 amide bonds. The maximum atomic E-state index is 12.7. The van der Waals surface area contributed by atoms with E-state index in [4.69, 9.17) is 5.26 Å². The fourth-order valence-electron chi connectivity index (χ4n) is 1.73. The molecule has 0 saturated carbocycles. The lowest BCUT2D eigenvalue weighted by Crippen LogP contribution is -1.94. The standard InChI is InChI=1S/C13H12FN3/c1-9-16-12(13(8-15)17-9)7-4-10-2-5-11(14)6-3-10/h2-3,5-6H,4,7H2,1H3,(H,16,17). The van der Waals surface area contributed by atoms with Gasteiger partial charge in [0.15, 0.2) is 5.69 Å².